The molecule has 1 aromatic carbocycles. The Kier molecular flexibility index (Phi) is 5.36. The van der Waals surface area contributed by atoms with Gasteiger partial charge in [0, 0.05) is 16.6 Å². The molecule has 0 aromatic heterocycles. The van der Waals surface area contributed by atoms with Gasteiger partial charge in [-0.3, -0.25) is 9.59 Å². The molecule has 0 heterocycles. The van der Waals surface area contributed by atoms with Crippen molar-refractivity contribution in [1.29, 1.82) is 0 Å². The first-order valence-electron chi connectivity index (χ1n) is 6.11. The average molecular weight is 284 g/mol. The molecule has 1 atom stereocenters. The number of nitrogens with zero attached hydrogens (tertiary/aromatic N) is 1. The quantitative estimate of drug-likeness (QED) is 0.903. The van der Waals surface area contributed by atoms with E-state index in [2.05, 4.69) is 0 Å². The highest BCUT2D eigenvalue weighted by atomic mass is 35.5. The molecule has 1 amide bonds. The summed E-state index contributed by atoms with van der Waals surface area (Å²) in [5.41, 5.74) is 0.546. The number of amides is 1. The van der Waals surface area contributed by atoms with Gasteiger partial charge in [-0.1, -0.05) is 32.4 Å². The molecule has 19 heavy (non-hydrogen) atoms. The second-order valence-corrected chi connectivity index (χ2v) is 5.26. The minimum atomic E-state index is -1.04. The van der Waals surface area contributed by atoms with E-state index in [0.717, 1.165) is 0 Å². The Labute approximate surface area is 118 Å². The number of halogens is 1. The number of carbonyl (C=O) groups excluding carboxylic acids is 1. The minimum Gasteiger partial charge on any atom is -0.480 e. The Morgan fingerprint density at radius 1 is 1.21 bits per heavy atom. The second-order valence-electron chi connectivity index (χ2n) is 4.83. The predicted molar refractivity (Wildman–Crippen MR) is 75.4 cm³/mol. The van der Waals surface area contributed by atoms with Gasteiger partial charge in [0.15, 0.2) is 0 Å². The first-order valence-corrected chi connectivity index (χ1v) is 6.49. The van der Waals surface area contributed by atoms with Crippen LogP contribution in [0.1, 0.15) is 20.8 Å². The molecule has 0 aliphatic heterocycles. The molecule has 0 radical (unpaired) electrons. The molecule has 1 unspecified atom stereocenters. The molecule has 0 saturated heterocycles. The first-order chi connectivity index (χ1) is 8.82. The molecule has 0 aliphatic rings. The van der Waals surface area contributed by atoms with Crippen molar-refractivity contribution < 1.29 is 14.7 Å². The van der Waals surface area contributed by atoms with Crippen LogP contribution in [0.2, 0.25) is 5.02 Å². The van der Waals surface area contributed by atoms with Crippen LogP contribution in [0.25, 0.3) is 0 Å². The highest BCUT2D eigenvalue weighted by molar-refractivity contribution is 6.30. The molecule has 0 saturated carbocycles. The summed E-state index contributed by atoms with van der Waals surface area (Å²) in [7, 11) is 0. The molecule has 1 N–H and O–H groups in total. The zero-order valence-electron chi connectivity index (χ0n) is 11.3. The summed E-state index contributed by atoms with van der Waals surface area (Å²) in [6, 6.07) is 6.57. The van der Waals surface area contributed by atoms with Crippen molar-refractivity contribution in [1.82, 2.24) is 0 Å². The second kappa shape index (κ2) is 6.57. The standard InChI is InChI=1S/C14H18ClNO3/c1-9(2)10(3)14(19)16(8-13(17)18)12-6-4-11(15)5-7-12/h4-7,9-10H,8H2,1-3H3,(H,17,18). The third kappa shape index (κ3) is 4.24. The number of aliphatic carboxylic acids is 1. The van der Waals surface area contributed by atoms with E-state index in [1.165, 1.54) is 4.90 Å². The largest absolute Gasteiger partial charge is 0.480 e. The Balaban J connectivity index is 3.04. The summed E-state index contributed by atoms with van der Waals surface area (Å²) in [4.78, 5) is 24.5. The van der Waals surface area contributed by atoms with Crippen LogP contribution in [0.4, 0.5) is 5.69 Å². The number of hydrogen-bond acceptors (Lipinski definition) is 2. The molecule has 1 aromatic rings. The van der Waals surface area contributed by atoms with E-state index in [-0.39, 0.29) is 24.3 Å². The van der Waals surface area contributed by atoms with E-state index < -0.39 is 5.97 Å². The van der Waals surface area contributed by atoms with E-state index in [1.54, 1.807) is 31.2 Å². The van der Waals surface area contributed by atoms with Crippen LogP contribution in [0, 0.1) is 11.8 Å². The van der Waals surface area contributed by atoms with Gasteiger partial charge >= 0.3 is 5.97 Å². The smallest absolute Gasteiger partial charge is 0.323 e. The van der Waals surface area contributed by atoms with Crippen molar-refractivity contribution in [3.8, 4) is 0 Å². The summed E-state index contributed by atoms with van der Waals surface area (Å²) in [6.07, 6.45) is 0. The van der Waals surface area contributed by atoms with Gasteiger partial charge in [0.05, 0.1) is 0 Å². The number of anilines is 1. The average Bonchev–Trinajstić information content (AvgIpc) is 2.35. The number of hydrogen-bond donors (Lipinski definition) is 1. The molecule has 5 heteroatoms. The van der Waals surface area contributed by atoms with E-state index >= 15 is 0 Å². The van der Waals surface area contributed by atoms with Crippen molar-refractivity contribution in [2.45, 2.75) is 20.8 Å². The monoisotopic (exact) mass is 283 g/mol. The number of benzene rings is 1. The Morgan fingerprint density at radius 3 is 2.16 bits per heavy atom. The van der Waals surface area contributed by atoms with Crippen LogP contribution in [-0.4, -0.2) is 23.5 Å². The van der Waals surface area contributed by atoms with Crippen LogP contribution in [0.3, 0.4) is 0 Å². The van der Waals surface area contributed by atoms with Crippen molar-refractivity contribution in [3.05, 3.63) is 29.3 Å². The molecule has 0 bridgehead atoms. The van der Waals surface area contributed by atoms with Gasteiger partial charge in [0.2, 0.25) is 5.91 Å². The van der Waals surface area contributed by atoms with E-state index in [4.69, 9.17) is 16.7 Å². The molecule has 0 fully saturated rings. The molecule has 1 rings (SSSR count). The van der Waals surface area contributed by atoms with Gasteiger partial charge in [-0.2, -0.15) is 0 Å². The number of rotatable bonds is 5. The molecule has 0 spiro atoms. The lowest BCUT2D eigenvalue weighted by molar-refractivity contribution is -0.137. The lowest BCUT2D eigenvalue weighted by atomic mass is 9.96. The maximum Gasteiger partial charge on any atom is 0.323 e. The van der Waals surface area contributed by atoms with Gasteiger partial charge in [-0.05, 0) is 30.2 Å². The summed E-state index contributed by atoms with van der Waals surface area (Å²) >= 11 is 5.79. The fourth-order valence-electron chi connectivity index (χ4n) is 1.58. The highest BCUT2D eigenvalue weighted by Crippen LogP contribution is 2.22. The van der Waals surface area contributed by atoms with Crippen LogP contribution in [0.15, 0.2) is 24.3 Å². The Morgan fingerprint density at radius 2 is 1.74 bits per heavy atom. The summed E-state index contributed by atoms with van der Waals surface area (Å²) in [5, 5.41) is 9.49. The third-order valence-electron chi connectivity index (χ3n) is 3.09. The number of carboxylic acids is 1. The zero-order chi connectivity index (χ0) is 14.6. The van der Waals surface area contributed by atoms with Gasteiger partial charge in [0.25, 0.3) is 0 Å². The molecular weight excluding hydrogens is 266 g/mol. The van der Waals surface area contributed by atoms with Crippen molar-refractivity contribution in [3.63, 3.8) is 0 Å². The van der Waals surface area contributed by atoms with Crippen LogP contribution in [-0.2, 0) is 9.59 Å². The van der Waals surface area contributed by atoms with Crippen LogP contribution in [0.5, 0.6) is 0 Å². The molecule has 0 aliphatic carbocycles. The number of carbonyl (C=O) groups is 2. The lowest BCUT2D eigenvalue weighted by Crippen LogP contribution is -2.40. The molecule has 4 nitrogen and oxygen atoms in total. The SMILES string of the molecule is CC(C)C(C)C(=O)N(CC(=O)O)c1ccc(Cl)cc1. The molecular formula is C14H18ClNO3. The van der Waals surface area contributed by atoms with Gasteiger partial charge < -0.3 is 10.0 Å². The van der Waals surface area contributed by atoms with Gasteiger partial charge in [-0.15, -0.1) is 0 Å². The normalized spacial score (nSPS) is 12.3. The van der Waals surface area contributed by atoms with E-state index in [0.29, 0.717) is 10.7 Å². The van der Waals surface area contributed by atoms with Crippen molar-refractivity contribution in [2.24, 2.45) is 11.8 Å². The topological polar surface area (TPSA) is 57.6 Å². The number of carboxylic acid groups (broad SMARTS) is 1. The van der Waals surface area contributed by atoms with Crippen molar-refractivity contribution >= 4 is 29.2 Å². The zero-order valence-corrected chi connectivity index (χ0v) is 12.0. The summed E-state index contributed by atoms with van der Waals surface area (Å²) < 4.78 is 0. The van der Waals surface area contributed by atoms with Crippen LogP contribution < -0.4 is 4.90 Å². The molecule has 104 valence electrons. The predicted octanol–water partition coefficient (Wildman–Crippen LogP) is 3.05. The highest BCUT2D eigenvalue weighted by Gasteiger charge is 2.25. The Hall–Kier alpha value is -1.55. The van der Waals surface area contributed by atoms with Gasteiger partial charge in [0.1, 0.15) is 6.54 Å². The summed E-state index contributed by atoms with van der Waals surface area (Å²) in [5.74, 6) is -1.33. The third-order valence-corrected chi connectivity index (χ3v) is 3.34. The first kappa shape index (κ1) is 15.5. The van der Waals surface area contributed by atoms with E-state index in [1.807, 2.05) is 13.8 Å². The van der Waals surface area contributed by atoms with Crippen molar-refractivity contribution in [2.75, 3.05) is 11.4 Å². The van der Waals surface area contributed by atoms with Crippen LogP contribution >= 0.6 is 11.6 Å². The minimum absolute atomic E-state index is 0.149. The Bertz CT molecular complexity index is 456. The van der Waals surface area contributed by atoms with E-state index in [9.17, 15) is 9.59 Å². The fourth-order valence-corrected chi connectivity index (χ4v) is 1.71. The fraction of sp³-hybridized carbons (Fsp3) is 0.429. The summed E-state index contributed by atoms with van der Waals surface area (Å²) in [6.45, 7) is 5.32. The maximum absolute atomic E-state index is 12.3. The maximum atomic E-state index is 12.3. The van der Waals surface area contributed by atoms with Gasteiger partial charge in [-0.25, -0.2) is 0 Å². The lowest BCUT2D eigenvalue weighted by Gasteiger charge is -2.26.